The van der Waals surface area contributed by atoms with E-state index in [0.717, 1.165) is 6.42 Å². The molecule has 1 unspecified atom stereocenters. The lowest BCUT2D eigenvalue weighted by Crippen LogP contribution is -2.49. The van der Waals surface area contributed by atoms with Gasteiger partial charge in [0, 0.05) is 22.0 Å². The Morgan fingerprint density at radius 2 is 1.86 bits per heavy atom. The number of piperidine rings is 1. The first-order valence-electron chi connectivity index (χ1n) is 11.8. The molecule has 1 saturated heterocycles. The Balaban J connectivity index is 1.28. The maximum absolute atomic E-state index is 14.8. The smallest absolute Gasteiger partial charge is 0.347 e. The molecule has 1 aromatic heterocycles. The summed E-state index contributed by atoms with van der Waals surface area (Å²) in [5, 5.41) is 10.4. The molecule has 3 fully saturated rings. The van der Waals surface area contributed by atoms with Gasteiger partial charge in [0.25, 0.3) is 5.91 Å². The zero-order valence-electron chi connectivity index (χ0n) is 19.1. The highest BCUT2D eigenvalue weighted by atomic mass is 35.5. The number of aromatic amines is 1. The summed E-state index contributed by atoms with van der Waals surface area (Å²) in [7, 11) is 0. The van der Waals surface area contributed by atoms with Gasteiger partial charge in [0.1, 0.15) is 17.7 Å². The van der Waals surface area contributed by atoms with Gasteiger partial charge in [-0.05, 0) is 61.8 Å². The van der Waals surface area contributed by atoms with Crippen molar-refractivity contribution >= 4 is 34.3 Å². The number of likely N-dealkylation sites (tertiary alicyclic amines) is 1. The van der Waals surface area contributed by atoms with Gasteiger partial charge in [0.05, 0.1) is 28.9 Å². The van der Waals surface area contributed by atoms with Gasteiger partial charge in [-0.15, -0.1) is 0 Å². The fraction of sp³-hybridized carbons (Fsp3) is 0.400. The van der Waals surface area contributed by atoms with Crippen molar-refractivity contribution in [3.05, 3.63) is 63.8 Å². The molecule has 37 heavy (non-hydrogen) atoms. The lowest BCUT2D eigenvalue weighted by atomic mass is 9.98. The Labute approximate surface area is 212 Å². The van der Waals surface area contributed by atoms with Gasteiger partial charge >= 0.3 is 6.18 Å². The van der Waals surface area contributed by atoms with Crippen molar-refractivity contribution in [1.29, 1.82) is 0 Å². The molecule has 3 aliphatic rings. The second-order valence-corrected chi connectivity index (χ2v) is 10.4. The first-order valence-corrected chi connectivity index (χ1v) is 12.2. The number of hydrogen-bond acceptors (Lipinski definition) is 3. The number of benzene rings is 2. The molecule has 1 aliphatic heterocycles. The second kappa shape index (κ2) is 8.41. The molecule has 2 aromatic carbocycles. The van der Waals surface area contributed by atoms with Gasteiger partial charge in [-0.2, -0.15) is 18.3 Å². The van der Waals surface area contributed by atoms with Crippen LogP contribution in [0.1, 0.15) is 53.2 Å². The lowest BCUT2D eigenvalue weighted by Gasteiger charge is -2.29. The second-order valence-electron chi connectivity index (χ2n) is 9.99. The van der Waals surface area contributed by atoms with Gasteiger partial charge in [-0.25, -0.2) is 8.78 Å². The Hall–Kier alpha value is -3.21. The van der Waals surface area contributed by atoms with E-state index >= 15 is 0 Å². The number of carbonyl (C=O) groups is 2. The minimum absolute atomic E-state index is 0.127. The summed E-state index contributed by atoms with van der Waals surface area (Å²) in [6.45, 7) is 0. The van der Waals surface area contributed by atoms with Crippen LogP contribution in [0.3, 0.4) is 0 Å². The Bertz CT molecular complexity index is 1440. The minimum Gasteiger partial charge on any atom is -0.347 e. The highest BCUT2D eigenvalue weighted by Crippen LogP contribution is 2.49. The summed E-state index contributed by atoms with van der Waals surface area (Å²) in [5.74, 6) is -3.92. The number of alkyl halides is 3. The van der Waals surface area contributed by atoms with Crippen LogP contribution in [-0.2, 0) is 11.0 Å². The number of H-pyrrole nitrogens is 1. The highest BCUT2D eigenvalue weighted by Gasteiger charge is 2.56. The third-order valence-electron chi connectivity index (χ3n) is 7.50. The van der Waals surface area contributed by atoms with Crippen molar-refractivity contribution < 1.29 is 31.5 Å². The van der Waals surface area contributed by atoms with Crippen LogP contribution in [0.15, 0.2) is 30.5 Å². The third kappa shape index (κ3) is 4.22. The van der Waals surface area contributed by atoms with Crippen LogP contribution in [0.4, 0.5) is 22.0 Å². The molecular formula is C25H20ClF5N4O2. The van der Waals surface area contributed by atoms with Gasteiger partial charge < -0.3 is 10.2 Å². The highest BCUT2D eigenvalue weighted by molar-refractivity contribution is 6.32. The van der Waals surface area contributed by atoms with Crippen LogP contribution < -0.4 is 5.32 Å². The van der Waals surface area contributed by atoms with Crippen molar-refractivity contribution in [1.82, 2.24) is 20.4 Å². The van der Waals surface area contributed by atoms with Crippen LogP contribution in [0, 0.1) is 23.5 Å². The van der Waals surface area contributed by atoms with E-state index in [-0.39, 0.29) is 35.1 Å². The van der Waals surface area contributed by atoms with Gasteiger partial charge in [-0.3, -0.25) is 14.7 Å². The van der Waals surface area contributed by atoms with E-state index in [2.05, 4.69) is 15.5 Å². The van der Waals surface area contributed by atoms with Crippen LogP contribution in [-0.4, -0.2) is 39.0 Å². The molecule has 12 heteroatoms. The van der Waals surface area contributed by atoms with E-state index in [1.807, 2.05) is 0 Å². The van der Waals surface area contributed by atoms with Crippen LogP contribution >= 0.6 is 11.6 Å². The number of nitrogens with one attached hydrogen (secondary N) is 2. The zero-order valence-corrected chi connectivity index (χ0v) is 19.8. The fourth-order valence-electron chi connectivity index (χ4n) is 5.46. The fourth-order valence-corrected chi connectivity index (χ4v) is 5.68. The first-order chi connectivity index (χ1) is 17.5. The molecule has 3 aromatic rings. The predicted octanol–water partition coefficient (Wildman–Crippen LogP) is 5.38. The molecule has 6 nitrogen and oxygen atoms in total. The van der Waals surface area contributed by atoms with E-state index in [1.54, 1.807) is 6.07 Å². The average molecular weight is 539 g/mol. The summed E-state index contributed by atoms with van der Waals surface area (Å²) in [6, 6.07) is 1.78. The van der Waals surface area contributed by atoms with E-state index in [4.69, 9.17) is 11.6 Å². The number of fused-ring (bicyclic) bond motifs is 2. The van der Waals surface area contributed by atoms with E-state index in [0.29, 0.717) is 41.3 Å². The average Bonchev–Trinajstić information content (AvgIpc) is 3.74. The van der Waals surface area contributed by atoms with Crippen molar-refractivity contribution in [2.45, 2.75) is 50.0 Å². The number of carbonyl (C=O) groups excluding carboxylic acids is 2. The first kappa shape index (κ1) is 24.1. The molecule has 194 valence electrons. The molecule has 2 heterocycles. The lowest BCUT2D eigenvalue weighted by molar-refractivity contribution is -0.140. The van der Waals surface area contributed by atoms with E-state index in [9.17, 15) is 31.5 Å². The van der Waals surface area contributed by atoms with Gasteiger partial charge in [0.15, 0.2) is 0 Å². The Morgan fingerprint density at radius 1 is 1.11 bits per heavy atom. The van der Waals surface area contributed by atoms with Crippen LogP contribution in [0.2, 0.25) is 5.02 Å². The largest absolute Gasteiger partial charge is 0.419 e. The molecule has 6 rings (SSSR count). The van der Waals surface area contributed by atoms with Crippen LogP contribution in [0.25, 0.3) is 10.9 Å². The number of nitrogens with zero attached hydrogens (tertiary/aromatic N) is 2. The van der Waals surface area contributed by atoms with Gasteiger partial charge in [0.2, 0.25) is 5.91 Å². The predicted molar refractivity (Wildman–Crippen MR) is 123 cm³/mol. The molecule has 2 aliphatic carbocycles. The SMILES string of the molecule is O=C(NC(c1cc(F)c(C(F)(F)F)cc1F)C1CC1)[C@H]1C[C@H]2C[C@H]2N1C(=O)c1cc(Cl)cc2cn[nH]c12. The molecular weight excluding hydrogens is 519 g/mol. The summed E-state index contributed by atoms with van der Waals surface area (Å²) >= 11 is 6.19. The van der Waals surface area contributed by atoms with E-state index in [1.165, 1.54) is 17.2 Å². The quantitative estimate of drug-likeness (QED) is 0.428. The number of halogens is 6. The summed E-state index contributed by atoms with van der Waals surface area (Å²) in [6.07, 6.45) is -1.17. The monoisotopic (exact) mass is 538 g/mol. The zero-order chi connectivity index (χ0) is 26.2. The molecule has 2 amide bonds. The summed E-state index contributed by atoms with van der Waals surface area (Å²) < 4.78 is 68.1. The van der Waals surface area contributed by atoms with Crippen LogP contribution in [0.5, 0.6) is 0 Å². The normalized spacial score (nSPS) is 23.7. The number of aromatic nitrogens is 2. The Kier molecular flexibility index (Phi) is 5.48. The maximum atomic E-state index is 14.8. The van der Waals surface area contributed by atoms with Crippen molar-refractivity contribution in [2.24, 2.45) is 11.8 Å². The molecule has 4 atom stereocenters. The Morgan fingerprint density at radius 3 is 2.57 bits per heavy atom. The summed E-state index contributed by atoms with van der Waals surface area (Å²) in [4.78, 5) is 28.5. The topological polar surface area (TPSA) is 78.1 Å². The number of rotatable bonds is 5. The van der Waals surface area contributed by atoms with E-state index < -0.39 is 47.3 Å². The van der Waals surface area contributed by atoms with Crippen molar-refractivity contribution in [3.63, 3.8) is 0 Å². The van der Waals surface area contributed by atoms with Crippen molar-refractivity contribution in [3.8, 4) is 0 Å². The molecule has 2 N–H and O–H groups in total. The van der Waals surface area contributed by atoms with Crippen molar-refractivity contribution in [2.75, 3.05) is 0 Å². The number of hydrogen-bond donors (Lipinski definition) is 2. The maximum Gasteiger partial charge on any atom is 0.419 e. The number of amides is 2. The standard InChI is InChI=1S/C25H20ClF5N4O2/c26-13-3-12-9-32-34-22(12)15(6-13)24(37)35-19-4-11(19)5-20(35)23(36)33-21(10-1-2-10)14-7-18(28)16(8-17(14)27)25(29,30)31/h3,6-11,19-21H,1-2,4-5H2,(H,32,34)(H,33,36)/t11-,19-,20-,21?/m1/s1. The molecule has 0 bridgehead atoms. The minimum atomic E-state index is -5.05. The molecule has 2 saturated carbocycles. The third-order valence-corrected chi connectivity index (χ3v) is 7.72. The molecule has 0 radical (unpaired) electrons. The van der Waals surface area contributed by atoms with Gasteiger partial charge in [-0.1, -0.05) is 11.6 Å². The molecule has 0 spiro atoms. The summed E-state index contributed by atoms with van der Waals surface area (Å²) in [5.41, 5.74) is -1.29.